The Morgan fingerprint density at radius 3 is 2.44 bits per heavy atom. The molecule has 2 rings (SSSR count). The molecular weight excluding hydrogens is 363 g/mol. The van der Waals surface area contributed by atoms with E-state index < -0.39 is 0 Å². The van der Waals surface area contributed by atoms with Gasteiger partial charge in [0.2, 0.25) is 0 Å². The van der Waals surface area contributed by atoms with Crippen LogP contribution in [0.25, 0.3) is 0 Å². The van der Waals surface area contributed by atoms with Crippen molar-refractivity contribution in [2.24, 2.45) is 14.1 Å². The van der Waals surface area contributed by atoms with E-state index in [1.807, 2.05) is 0 Å². The van der Waals surface area contributed by atoms with Gasteiger partial charge in [-0.25, -0.2) is 4.39 Å². The summed E-state index contributed by atoms with van der Waals surface area (Å²) in [5.74, 6) is 0.382. The van der Waals surface area contributed by atoms with Crippen molar-refractivity contribution in [3.05, 3.63) is 51.5 Å². The molecule has 6 nitrogen and oxygen atoms in total. The first-order valence-electron chi connectivity index (χ1n) is 8.89. The fourth-order valence-electron chi connectivity index (χ4n) is 2.77. The van der Waals surface area contributed by atoms with Gasteiger partial charge in [0.1, 0.15) is 28.8 Å². The summed E-state index contributed by atoms with van der Waals surface area (Å²) in [5, 5.41) is 24.0. The lowest BCUT2D eigenvalue weighted by molar-refractivity contribution is 0.605. The molecule has 0 unspecified atom stereocenters. The number of benzene rings is 1. The number of rotatable bonds is 9. The SMILES string of the molecule is Cn1c(NCCCCCNCc2ccc(F)cc2)c(C#N)c(=N)n(C)c1=S. The number of nitriles is 1. The smallest absolute Gasteiger partial charge is 0.182 e. The van der Waals surface area contributed by atoms with Crippen molar-refractivity contribution in [1.29, 1.82) is 10.7 Å². The molecule has 27 heavy (non-hydrogen) atoms. The number of nitrogens with one attached hydrogen (secondary N) is 3. The number of halogens is 1. The molecule has 8 heteroatoms. The second-order valence-electron chi connectivity index (χ2n) is 6.38. The normalized spacial score (nSPS) is 10.6. The first kappa shape index (κ1) is 20.8. The van der Waals surface area contributed by atoms with Crippen LogP contribution in [0.1, 0.15) is 30.4 Å². The third kappa shape index (κ3) is 5.49. The number of anilines is 1. The minimum Gasteiger partial charge on any atom is -0.370 e. The van der Waals surface area contributed by atoms with Crippen LogP contribution in [0.5, 0.6) is 0 Å². The zero-order valence-corrected chi connectivity index (χ0v) is 16.5. The molecular formula is C19H25FN6S. The Hall–Kier alpha value is -2.50. The van der Waals surface area contributed by atoms with E-state index in [1.54, 1.807) is 30.8 Å². The Labute approximate surface area is 163 Å². The second kappa shape index (κ2) is 10.00. The summed E-state index contributed by atoms with van der Waals surface area (Å²) in [6.07, 6.45) is 3.01. The molecule has 0 radical (unpaired) electrons. The summed E-state index contributed by atoms with van der Waals surface area (Å²) in [6, 6.07) is 8.60. The van der Waals surface area contributed by atoms with Crippen LogP contribution >= 0.6 is 12.2 Å². The van der Waals surface area contributed by atoms with Crippen LogP contribution in [0.3, 0.4) is 0 Å². The minimum atomic E-state index is -0.216. The van der Waals surface area contributed by atoms with E-state index in [9.17, 15) is 9.65 Å². The predicted octanol–water partition coefficient (Wildman–Crippen LogP) is 2.96. The first-order chi connectivity index (χ1) is 13.0. The van der Waals surface area contributed by atoms with Crippen LogP contribution in [-0.2, 0) is 20.6 Å². The molecule has 0 atom stereocenters. The molecule has 1 heterocycles. The van der Waals surface area contributed by atoms with Crippen LogP contribution < -0.4 is 16.1 Å². The van der Waals surface area contributed by atoms with Gasteiger partial charge in [-0.05, 0) is 49.3 Å². The van der Waals surface area contributed by atoms with Gasteiger partial charge in [-0.1, -0.05) is 18.6 Å². The molecule has 0 fully saturated rings. The molecule has 0 aliphatic rings. The number of aromatic nitrogens is 2. The maximum Gasteiger partial charge on any atom is 0.182 e. The van der Waals surface area contributed by atoms with E-state index in [0.717, 1.165) is 37.9 Å². The van der Waals surface area contributed by atoms with E-state index in [-0.39, 0.29) is 11.3 Å². The molecule has 1 aromatic carbocycles. The number of hydrogen-bond acceptors (Lipinski definition) is 5. The van der Waals surface area contributed by atoms with Crippen LogP contribution in [0.15, 0.2) is 24.3 Å². The van der Waals surface area contributed by atoms with Crippen LogP contribution in [0, 0.1) is 27.3 Å². The van der Waals surface area contributed by atoms with Gasteiger partial charge in [-0.3, -0.25) is 5.41 Å². The van der Waals surface area contributed by atoms with Crippen molar-refractivity contribution in [1.82, 2.24) is 14.5 Å². The average Bonchev–Trinajstić information content (AvgIpc) is 2.67. The Kier molecular flexibility index (Phi) is 7.70. The Bertz CT molecular complexity index is 923. The summed E-state index contributed by atoms with van der Waals surface area (Å²) in [4.78, 5) is 0. The van der Waals surface area contributed by atoms with Crippen molar-refractivity contribution < 1.29 is 4.39 Å². The molecule has 3 N–H and O–H groups in total. The van der Waals surface area contributed by atoms with Gasteiger partial charge in [0, 0.05) is 27.2 Å². The first-order valence-corrected chi connectivity index (χ1v) is 9.30. The Morgan fingerprint density at radius 2 is 1.78 bits per heavy atom. The van der Waals surface area contributed by atoms with Crippen molar-refractivity contribution >= 4 is 18.0 Å². The fourth-order valence-corrected chi connectivity index (χ4v) is 2.95. The summed E-state index contributed by atoms with van der Waals surface area (Å²) < 4.78 is 16.6. The molecule has 144 valence electrons. The molecule has 0 amide bonds. The highest BCUT2D eigenvalue weighted by molar-refractivity contribution is 7.71. The summed E-state index contributed by atoms with van der Waals surface area (Å²) >= 11 is 5.30. The topological polar surface area (TPSA) is 81.6 Å². The molecule has 0 aliphatic carbocycles. The lowest BCUT2D eigenvalue weighted by atomic mass is 10.2. The maximum atomic E-state index is 12.8. The van der Waals surface area contributed by atoms with Gasteiger partial charge in [-0.2, -0.15) is 5.26 Å². The minimum absolute atomic E-state index is 0.119. The van der Waals surface area contributed by atoms with E-state index in [1.165, 1.54) is 16.7 Å². The zero-order valence-electron chi connectivity index (χ0n) is 15.7. The second-order valence-corrected chi connectivity index (χ2v) is 6.74. The van der Waals surface area contributed by atoms with Crippen molar-refractivity contribution in [2.45, 2.75) is 25.8 Å². The molecule has 0 aliphatic heterocycles. The van der Waals surface area contributed by atoms with E-state index in [0.29, 0.717) is 22.7 Å². The highest BCUT2D eigenvalue weighted by Crippen LogP contribution is 2.11. The van der Waals surface area contributed by atoms with Gasteiger partial charge < -0.3 is 19.8 Å². The van der Waals surface area contributed by atoms with Gasteiger partial charge in [0.15, 0.2) is 4.77 Å². The van der Waals surface area contributed by atoms with Gasteiger partial charge in [-0.15, -0.1) is 0 Å². The van der Waals surface area contributed by atoms with Crippen LogP contribution in [0.2, 0.25) is 0 Å². The van der Waals surface area contributed by atoms with E-state index in [2.05, 4.69) is 16.7 Å². The van der Waals surface area contributed by atoms with Gasteiger partial charge >= 0.3 is 0 Å². The maximum absolute atomic E-state index is 12.8. The van der Waals surface area contributed by atoms with E-state index >= 15 is 0 Å². The summed E-state index contributed by atoms with van der Waals surface area (Å²) in [7, 11) is 3.48. The van der Waals surface area contributed by atoms with Gasteiger partial charge in [0.05, 0.1) is 0 Å². The number of nitrogens with zero attached hydrogens (tertiary/aromatic N) is 3. The van der Waals surface area contributed by atoms with Crippen LogP contribution in [-0.4, -0.2) is 22.2 Å². The predicted molar refractivity (Wildman–Crippen MR) is 106 cm³/mol. The van der Waals surface area contributed by atoms with Crippen LogP contribution in [0.4, 0.5) is 10.2 Å². The summed E-state index contributed by atoms with van der Waals surface area (Å²) in [5.41, 5.74) is 1.49. The fraction of sp³-hybridized carbons (Fsp3) is 0.421. The van der Waals surface area contributed by atoms with Crippen molar-refractivity contribution in [3.63, 3.8) is 0 Å². The molecule has 0 spiro atoms. The molecule has 0 bridgehead atoms. The number of unbranched alkanes of at least 4 members (excludes halogenated alkanes) is 2. The lowest BCUT2D eigenvalue weighted by Gasteiger charge is -2.16. The monoisotopic (exact) mass is 388 g/mol. The molecule has 2 aromatic rings. The van der Waals surface area contributed by atoms with E-state index in [4.69, 9.17) is 17.6 Å². The lowest BCUT2D eigenvalue weighted by Crippen LogP contribution is -2.27. The Morgan fingerprint density at radius 1 is 1.11 bits per heavy atom. The third-order valence-electron chi connectivity index (χ3n) is 4.40. The standard InChI is InChI=1S/C19H25FN6S/c1-25-17(22)16(12-21)18(26(2)19(25)27)24-11-5-3-4-10-23-13-14-6-8-15(20)9-7-14/h6-9,22-24H,3-5,10-11,13H2,1-2H3. The summed E-state index contributed by atoms with van der Waals surface area (Å²) in [6.45, 7) is 2.33. The van der Waals surface area contributed by atoms with Gasteiger partial charge in [0.25, 0.3) is 0 Å². The molecule has 0 saturated heterocycles. The highest BCUT2D eigenvalue weighted by atomic mass is 32.1. The number of hydrogen-bond donors (Lipinski definition) is 3. The Balaban J connectivity index is 1.73. The largest absolute Gasteiger partial charge is 0.370 e. The zero-order chi connectivity index (χ0) is 19.8. The van der Waals surface area contributed by atoms with Crippen molar-refractivity contribution in [3.8, 4) is 6.07 Å². The third-order valence-corrected chi connectivity index (χ3v) is 4.94. The molecule has 0 saturated carbocycles. The highest BCUT2D eigenvalue weighted by Gasteiger charge is 2.10. The average molecular weight is 389 g/mol. The quantitative estimate of drug-likeness (QED) is 0.456. The molecule has 1 aromatic heterocycles. The van der Waals surface area contributed by atoms with Crippen molar-refractivity contribution in [2.75, 3.05) is 18.4 Å².